The number of nitrogens with zero attached hydrogens (tertiary/aromatic N) is 2. The summed E-state index contributed by atoms with van der Waals surface area (Å²) >= 11 is 1.20. The minimum atomic E-state index is -0.973. The number of amides is 1. The fraction of sp³-hybridized carbons (Fsp3) is 0.107. The highest BCUT2D eigenvalue weighted by atomic mass is 32.1. The van der Waals surface area contributed by atoms with Gasteiger partial charge in [-0.1, -0.05) is 48.5 Å². The Bertz CT molecular complexity index is 1500. The first-order chi connectivity index (χ1) is 17.4. The lowest BCUT2D eigenvalue weighted by atomic mass is 9.94. The summed E-state index contributed by atoms with van der Waals surface area (Å²) in [5.41, 5.74) is 2.06. The van der Waals surface area contributed by atoms with Gasteiger partial charge in [0.1, 0.15) is 16.6 Å². The van der Waals surface area contributed by atoms with E-state index in [-0.39, 0.29) is 11.3 Å². The zero-order valence-electron chi connectivity index (χ0n) is 19.4. The predicted octanol–water partition coefficient (Wildman–Crippen LogP) is 6.05. The number of carbonyl (C=O) groups excluding carboxylic acids is 2. The third-order valence-corrected chi connectivity index (χ3v) is 7.20. The van der Waals surface area contributed by atoms with E-state index in [0.29, 0.717) is 26.9 Å². The molecule has 6 nitrogen and oxygen atoms in total. The molecule has 36 heavy (non-hydrogen) atoms. The summed E-state index contributed by atoms with van der Waals surface area (Å²) in [7, 11) is 1.53. The van der Waals surface area contributed by atoms with E-state index in [1.807, 2.05) is 30.3 Å². The van der Waals surface area contributed by atoms with Crippen molar-refractivity contribution in [2.75, 3.05) is 12.0 Å². The summed E-state index contributed by atoms with van der Waals surface area (Å²) in [5, 5.41) is 11.6. The van der Waals surface area contributed by atoms with Gasteiger partial charge in [-0.25, -0.2) is 9.37 Å². The van der Waals surface area contributed by atoms with Gasteiger partial charge in [-0.05, 0) is 42.8 Å². The first-order valence-electron chi connectivity index (χ1n) is 11.1. The Kier molecular flexibility index (Phi) is 6.12. The van der Waals surface area contributed by atoms with Crippen LogP contribution in [0.15, 0.2) is 90.2 Å². The van der Waals surface area contributed by atoms with Crippen molar-refractivity contribution in [1.82, 2.24) is 4.98 Å². The number of anilines is 1. The molecule has 8 heteroatoms. The molecule has 0 bridgehead atoms. The second-order valence-corrected chi connectivity index (χ2v) is 9.22. The van der Waals surface area contributed by atoms with Gasteiger partial charge in [-0.2, -0.15) is 0 Å². The number of aryl methyl sites for hydroxylation is 1. The number of aliphatic hydroxyl groups is 1. The summed E-state index contributed by atoms with van der Waals surface area (Å²) in [6.45, 7) is 1.72. The lowest BCUT2D eigenvalue weighted by Crippen LogP contribution is -2.31. The number of carbonyl (C=O) groups is 2. The zero-order valence-corrected chi connectivity index (χ0v) is 20.3. The van der Waals surface area contributed by atoms with Crippen LogP contribution in [0.4, 0.5) is 10.1 Å². The van der Waals surface area contributed by atoms with Crippen molar-refractivity contribution in [2.45, 2.75) is 13.0 Å². The fourth-order valence-electron chi connectivity index (χ4n) is 4.26. The van der Waals surface area contributed by atoms with E-state index < -0.39 is 29.3 Å². The maximum absolute atomic E-state index is 14.1. The lowest BCUT2D eigenvalue weighted by Gasteiger charge is -2.27. The summed E-state index contributed by atoms with van der Waals surface area (Å²) in [4.78, 5) is 33.3. The zero-order chi connectivity index (χ0) is 25.4. The van der Waals surface area contributed by atoms with Crippen molar-refractivity contribution in [3.05, 3.63) is 112 Å². The monoisotopic (exact) mass is 500 g/mol. The van der Waals surface area contributed by atoms with Crippen LogP contribution >= 0.6 is 11.3 Å². The molecule has 0 aliphatic carbocycles. The second kappa shape index (κ2) is 9.39. The number of aliphatic hydroxyl groups excluding tert-OH is 1. The molecule has 0 radical (unpaired) electrons. The number of benzene rings is 3. The van der Waals surface area contributed by atoms with E-state index in [1.165, 1.54) is 41.5 Å². The molecule has 3 aromatic carbocycles. The van der Waals surface area contributed by atoms with E-state index in [2.05, 4.69) is 4.98 Å². The number of halogens is 1. The number of hydrogen-bond acceptors (Lipinski definition) is 6. The van der Waals surface area contributed by atoms with Crippen LogP contribution in [0.5, 0.6) is 5.75 Å². The highest BCUT2D eigenvalue weighted by Crippen LogP contribution is 2.43. The van der Waals surface area contributed by atoms with Crippen LogP contribution in [0.25, 0.3) is 10.6 Å². The molecule has 0 saturated carbocycles. The Morgan fingerprint density at radius 2 is 1.78 bits per heavy atom. The first kappa shape index (κ1) is 23.4. The summed E-state index contributed by atoms with van der Waals surface area (Å²) < 4.78 is 19.3. The van der Waals surface area contributed by atoms with Crippen LogP contribution in [0.3, 0.4) is 0 Å². The van der Waals surface area contributed by atoms with Crippen molar-refractivity contribution in [3.63, 3.8) is 0 Å². The van der Waals surface area contributed by atoms with Crippen molar-refractivity contribution in [3.8, 4) is 16.3 Å². The van der Waals surface area contributed by atoms with Crippen molar-refractivity contribution in [1.29, 1.82) is 0 Å². The van der Waals surface area contributed by atoms with Crippen LogP contribution in [-0.2, 0) is 4.79 Å². The molecule has 1 aromatic heterocycles. The van der Waals surface area contributed by atoms with Gasteiger partial charge in [0.15, 0.2) is 5.76 Å². The topological polar surface area (TPSA) is 79.7 Å². The molecule has 1 aliphatic heterocycles. The number of Topliss-reactive ketones (excluding diaryl/α,β-unsaturated/α-hetero) is 1. The SMILES string of the molecule is COc1ccc(C2C(C(=O)c3sc(-c4ccccc4)nc3C)=C(O)C(=O)N2c2cccc(F)c2)cc1. The highest BCUT2D eigenvalue weighted by molar-refractivity contribution is 7.17. The molecule has 0 fully saturated rings. The van der Waals surface area contributed by atoms with Crippen LogP contribution in [0.1, 0.15) is 27.0 Å². The number of aromatic nitrogens is 1. The Morgan fingerprint density at radius 3 is 2.44 bits per heavy atom. The smallest absolute Gasteiger partial charge is 0.294 e. The van der Waals surface area contributed by atoms with Crippen LogP contribution in [0, 0.1) is 12.7 Å². The van der Waals surface area contributed by atoms with Crippen molar-refractivity contribution >= 4 is 28.7 Å². The Morgan fingerprint density at radius 1 is 1.06 bits per heavy atom. The van der Waals surface area contributed by atoms with Gasteiger partial charge in [0.05, 0.1) is 29.3 Å². The maximum atomic E-state index is 14.1. The predicted molar refractivity (Wildman–Crippen MR) is 136 cm³/mol. The largest absolute Gasteiger partial charge is 0.503 e. The van der Waals surface area contributed by atoms with Crippen molar-refractivity contribution in [2.24, 2.45) is 0 Å². The molecular formula is C28H21FN2O4S. The third-order valence-electron chi connectivity index (χ3n) is 5.99. The molecule has 180 valence electrons. The van der Waals surface area contributed by atoms with Crippen molar-refractivity contribution < 1.29 is 23.8 Å². The van der Waals surface area contributed by atoms with Gasteiger partial charge in [-0.3, -0.25) is 14.5 Å². The average molecular weight is 501 g/mol. The molecule has 0 saturated heterocycles. The van der Waals surface area contributed by atoms with Gasteiger partial charge in [0, 0.05) is 11.3 Å². The molecule has 0 spiro atoms. The van der Waals surface area contributed by atoms with Crippen LogP contribution in [-0.4, -0.2) is 28.9 Å². The normalized spacial score (nSPS) is 15.5. The molecule has 1 N–H and O–H groups in total. The maximum Gasteiger partial charge on any atom is 0.294 e. The fourth-order valence-corrected chi connectivity index (χ4v) is 5.29. The van der Waals surface area contributed by atoms with E-state index >= 15 is 0 Å². The number of methoxy groups -OCH3 is 1. The lowest BCUT2D eigenvalue weighted by molar-refractivity contribution is -0.117. The number of thiazole rings is 1. The van der Waals surface area contributed by atoms with Crippen LogP contribution < -0.4 is 9.64 Å². The van der Waals surface area contributed by atoms with E-state index in [9.17, 15) is 19.1 Å². The summed E-state index contributed by atoms with van der Waals surface area (Å²) in [5.74, 6) is -1.90. The quantitative estimate of drug-likeness (QED) is 0.326. The van der Waals surface area contributed by atoms with E-state index in [1.54, 1.807) is 37.3 Å². The molecule has 4 aromatic rings. The summed E-state index contributed by atoms with van der Waals surface area (Å²) in [6.07, 6.45) is 0. The third kappa shape index (κ3) is 4.05. The van der Waals surface area contributed by atoms with Gasteiger partial charge in [-0.15, -0.1) is 11.3 Å². The number of rotatable bonds is 6. The van der Waals surface area contributed by atoms with E-state index in [0.717, 1.165) is 5.56 Å². The Labute approximate surface area is 210 Å². The first-order valence-corrected chi connectivity index (χ1v) is 11.9. The van der Waals surface area contributed by atoms with Gasteiger partial charge < -0.3 is 9.84 Å². The average Bonchev–Trinajstić information content (AvgIpc) is 3.41. The van der Waals surface area contributed by atoms with Crippen LogP contribution in [0.2, 0.25) is 0 Å². The number of hydrogen-bond donors (Lipinski definition) is 1. The molecule has 5 rings (SSSR count). The molecule has 1 unspecified atom stereocenters. The summed E-state index contributed by atoms with van der Waals surface area (Å²) in [6, 6.07) is 20.8. The van der Waals surface area contributed by atoms with Gasteiger partial charge in [0.2, 0.25) is 5.78 Å². The Hall–Kier alpha value is -4.30. The second-order valence-electron chi connectivity index (χ2n) is 8.22. The van der Waals surface area contributed by atoms with Gasteiger partial charge in [0.25, 0.3) is 5.91 Å². The molecular weight excluding hydrogens is 479 g/mol. The number of ether oxygens (including phenoxy) is 1. The standard InChI is InChI=1S/C28H21FN2O4S/c1-16-26(36-27(30-16)18-7-4-3-5-8-18)24(32)22-23(17-11-13-21(35-2)14-12-17)31(28(34)25(22)33)20-10-6-9-19(29)15-20/h3-15,23,33H,1-2H3. The highest BCUT2D eigenvalue weighted by Gasteiger charge is 2.45. The molecule has 1 atom stereocenters. The molecule has 2 heterocycles. The molecule has 1 amide bonds. The Balaban J connectivity index is 1.63. The minimum Gasteiger partial charge on any atom is -0.503 e. The number of ketones is 1. The minimum absolute atomic E-state index is 0.0826. The van der Waals surface area contributed by atoms with E-state index in [4.69, 9.17) is 4.74 Å². The van der Waals surface area contributed by atoms with Gasteiger partial charge >= 0.3 is 0 Å². The molecule has 1 aliphatic rings.